The minimum atomic E-state index is -0.113. The van der Waals surface area contributed by atoms with E-state index in [1.807, 2.05) is 0 Å². The van der Waals surface area contributed by atoms with E-state index in [9.17, 15) is 9.90 Å². The summed E-state index contributed by atoms with van der Waals surface area (Å²) in [5.41, 5.74) is -0.113. The highest BCUT2D eigenvalue weighted by atomic mass is 35.5. The molecule has 0 radical (unpaired) electrons. The Morgan fingerprint density at radius 1 is 0.912 bits per heavy atom. The number of carbonyl (C=O) groups excluding carboxylic acids is 1. The first-order valence-corrected chi connectivity index (χ1v) is 14.0. The van der Waals surface area contributed by atoms with Gasteiger partial charge in [0.2, 0.25) is 0 Å². The molecule has 4 saturated carbocycles. The summed E-state index contributed by atoms with van der Waals surface area (Å²) in [6.45, 7) is 4.61. The molecule has 0 aromatic carbocycles. The number of quaternary nitrogens is 1. The monoisotopic (exact) mass is 498 g/mol. The third kappa shape index (κ3) is 9.00. The quantitative estimate of drug-likeness (QED) is 0.0923. The number of carbonyl (C=O) groups is 1. The van der Waals surface area contributed by atoms with Gasteiger partial charge in [-0.1, -0.05) is 51.9 Å². The van der Waals surface area contributed by atoms with E-state index in [1.54, 1.807) is 0 Å². The van der Waals surface area contributed by atoms with Gasteiger partial charge >= 0.3 is 5.97 Å². The highest BCUT2D eigenvalue weighted by Crippen LogP contribution is 2.60. The second-order valence-electron chi connectivity index (χ2n) is 12.3. The van der Waals surface area contributed by atoms with Gasteiger partial charge in [0, 0.05) is 13.0 Å². The summed E-state index contributed by atoms with van der Waals surface area (Å²) >= 11 is 0. The number of rotatable bonds is 16. The molecule has 4 bridgehead atoms. The van der Waals surface area contributed by atoms with Gasteiger partial charge in [-0.25, -0.2) is 4.79 Å². The van der Waals surface area contributed by atoms with Crippen LogP contribution in [-0.2, 0) is 9.53 Å². The maximum atomic E-state index is 13.0. The normalized spacial score (nSPS) is 28.1. The van der Waals surface area contributed by atoms with Crippen LogP contribution in [0.2, 0.25) is 0 Å². The van der Waals surface area contributed by atoms with Crippen molar-refractivity contribution < 1.29 is 19.1 Å². The molecule has 0 N–H and O–H groups in total. The Morgan fingerprint density at radius 2 is 1.44 bits per heavy atom. The highest BCUT2D eigenvalue weighted by Gasteiger charge is 2.51. The minimum Gasteiger partial charge on any atom is -0.862 e. The first-order valence-electron chi connectivity index (χ1n) is 14.0. The van der Waals surface area contributed by atoms with Crippen LogP contribution in [-0.4, -0.2) is 56.7 Å². The molecule has 0 aliphatic heterocycles. The zero-order chi connectivity index (χ0) is 23.7. The molecule has 4 aliphatic carbocycles. The summed E-state index contributed by atoms with van der Waals surface area (Å²) in [5.74, 6) is 2.43. The first kappa shape index (κ1) is 29.4. The molecule has 0 unspecified atom stereocenters. The molecule has 0 aromatic heterocycles. The van der Waals surface area contributed by atoms with Gasteiger partial charge in [-0.3, -0.25) is 0 Å². The molecule has 198 valence electrons. The topological polar surface area (TPSA) is 61.7 Å². The van der Waals surface area contributed by atoms with Crippen LogP contribution in [0.15, 0.2) is 4.99 Å². The minimum absolute atomic E-state index is 0. The third-order valence-corrected chi connectivity index (χ3v) is 8.49. The van der Waals surface area contributed by atoms with Crippen molar-refractivity contribution in [2.75, 3.05) is 40.3 Å². The van der Waals surface area contributed by atoms with Gasteiger partial charge in [-0.2, -0.15) is 0 Å². The molecule has 0 atom stereocenters. The predicted octanol–water partition coefficient (Wildman–Crippen LogP) is 5.53. The van der Waals surface area contributed by atoms with E-state index < -0.39 is 0 Å². The van der Waals surface area contributed by atoms with Crippen LogP contribution in [0.1, 0.15) is 103 Å². The molecule has 4 aliphatic rings. The zero-order valence-corrected chi connectivity index (χ0v) is 23.0. The summed E-state index contributed by atoms with van der Waals surface area (Å²) in [6.07, 6.45) is 18.2. The van der Waals surface area contributed by atoms with Gasteiger partial charge in [-0.15, -0.1) is 12.4 Å². The van der Waals surface area contributed by atoms with E-state index in [2.05, 4.69) is 26.0 Å². The fourth-order valence-corrected chi connectivity index (χ4v) is 7.12. The van der Waals surface area contributed by atoms with Crippen LogP contribution < -0.4 is 5.11 Å². The van der Waals surface area contributed by atoms with Gasteiger partial charge in [-0.05, 0) is 74.0 Å². The molecule has 0 spiro atoms. The average Bonchev–Trinajstić information content (AvgIpc) is 2.74. The van der Waals surface area contributed by atoms with Crippen molar-refractivity contribution in [2.45, 2.75) is 103 Å². The number of esters is 1. The number of hydrogen-bond acceptors (Lipinski definition) is 4. The Bertz CT molecular complexity index is 614. The largest absolute Gasteiger partial charge is 0.862 e. The second-order valence-corrected chi connectivity index (χ2v) is 12.3. The van der Waals surface area contributed by atoms with E-state index in [0.29, 0.717) is 24.2 Å². The average molecular weight is 499 g/mol. The molecule has 34 heavy (non-hydrogen) atoms. The fourth-order valence-electron chi connectivity index (χ4n) is 7.12. The SMILES string of the molecule is CCCCCCCCCCOC(=O)C[N+](C)(C)CCCN=C([O-])C12CC3CC(CC(C3)C1)C2.Cl. The Balaban J connectivity index is 0.00000408. The van der Waals surface area contributed by atoms with Crippen molar-refractivity contribution in [1.29, 1.82) is 0 Å². The predicted molar refractivity (Wildman–Crippen MR) is 140 cm³/mol. The van der Waals surface area contributed by atoms with Gasteiger partial charge in [0.15, 0.2) is 6.54 Å². The van der Waals surface area contributed by atoms with E-state index >= 15 is 0 Å². The Hall–Kier alpha value is -0.810. The third-order valence-electron chi connectivity index (χ3n) is 8.49. The molecule has 4 rings (SSSR count). The molecule has 0 heterocycles. The van der Waals surface area contributed by atoms with Crippen molar-refractivity contribution in [3.63, 3.8) is 0 Å². The van der Waals surface area contributed by atoms with Crippen LogP contribution in [0.25, 0.3) is 0 Å². The molecular formula is C28H51ClN2O3. The molecule has 5 nitrogen and oxygen atoms in total. The molecule has 0 saturated heterocycles. The number of nitrogens with zero attached hydrogens (tertiary/aromatic N) is 2. The summed E-state index contributed by atoms with van der Waals surface area (Å²) in [4.78, 5) is 16.8. The van der Waals surface area contributed by atoms with E-state index in [1.165, 1.54) is 57.8 Å². The van der Waals surface area contributed by atoms with Crippen LogP contribution in [0.3, 0.4) is 0 Å². The van der Waals surface area contributed by atoms with Crippen molar-refractivity contribution in [3.05, 3.63) is 0 Å². The number of unbranched alkanes of at least 4 members (excludes halogenated alkanes) is 7. The van der Waals surface area contributed by atoms with E-state index in [0.717, 1.165) is 62.8 Å². The van der Waals surface area contributed by atoms with Crippen molar-refractivity contribution >= 4 is 24.3 Å². The summed E-state index contributed by atoms with van der Waals surface area (Å²) in [6, 6.07) is 0. The van der Waals surface area contributed by atoms with Crippen LogP contribution in [0, 0.1) is 23.2 Å². The standard InChI is InChI=1S/C28H50N2O3.ClH/c1-4-5-6-7-8-9-10-11-15-33-26(31)22-30(2,3)14-12-13-29-27(32)28-19-23-16-24(20-28)18-25(17-23)21-28;/h23-25H,4-22H2,1-3H3;1H. The number of likely N-dealkylation sites (N-methyl/N-ethyl adjacent to an activating group) is 1. The maximum absolute atomic E-state index is 13.0. The van der Waals surface area contributed by atoms with Gasteiger partial charge in [0.25, 0.3) is 0 Å². The summed E-state index contributed by atoms with van der Waals surface area (Å²) < 4.78 is 6.07. The lowest BCUT2D eigenvalue weighted by molar-refractivity contribution is -0.883. The van der Waals surface area contributed by atoms with Crippen molar-refractivity contribution in [3.8, 4) is 0 Å². The number of ether oxygens (including phenoxy) is 1. The lowest BCUT2D eigenvalue weighted by Crippen LogP contribution is -2.53. The van der Waals surface area contributed by atoms with Crippen LogP contribution in [0.5, 0.6) is 0 Å². The van der Waals surface area contributed by atoms with Crippen LogP contribution >= 0.6 is 12.4 Å². The number of halogens is 1. The Labute approximate surface area is 215 Å². The molecule has 0 aromatic rings. The molecule has 4 fully saturated rings. The van der Waals surface area contributed by atoms with Crippen molar-refractivity contribution in [2.24, 2.45) is 28.2 Å². The van der Waals surface area contributed by atoms with Gasteiger partial charge in [0.1, 0.15) is 0 Å². The van der Waals surface area contributed by atoms with Crippen LogP contribution in [0.4, 0.5) is 0 Å². The summed E-state index contributed by atoms with van der Waals surface area (Å²) in [7, 11) is 4.14. The zero-order valence-electron chi connectivity index (χ0n) is 22.2. The van der Waals surface area contributed by atoms with Gasteiger partial charge in [0.05, 0.1) is 27.2 Å². The molecule has 0 amide bonds. The summed E-state index contributed by atoms with van der Waals surface area (Å²) in [5, 5.41) is 13.0. The highest BCUT2D eigenvalue weighted by molar-refractivity contribution is 5.85. The van der Waals surface area contributed by atoms with E-state index in [-0.39, 0.29) is 29.7 Å². The lowest BCUT2D eigenvalue weighted by Gasteiger charge is -2.58. The smallest absolute Gasteiger partial charge is 0.361 e. The second kappa shape index (κ2) is 14.1. The Morgan fingerprint density at radius 3 is 2.00 bits per heavy atom. The first-order chi connectivity index (χ1) is 15.8. The molecular weight excluding hydrogens is 448 g/mol. The van der Waals surface area contributed by atoms with Crippen molar-refractivity contribution in [1.82, 2.24) is 0 Å². The number of aliphatic imine (C=N–C) groups is 1. The van der Waals surface area contributed by atoms with Gasteiger partial charge < -0.3 is 19.3 Å². The van der Waals surface area contributed by atoms with E-state index in [4.69, 9.17) is 4.74 Å². The Kier molecular flexibility index (Phi) is 12.2. The maximum Gasteiger partial charge on any atom is 0.361 e. The number of hydrogen-bond donors (Lipinski definition) is 0. The molecule has 6 heteroatoms. The fraction of sp³-hybridized carbons (Fsp3) is 0.929. The lowest BCUT2D eigenvalue weighted by atomic mass is 9.49.